The van der Waals surface area contributed by atoms with Gasteiger partial charge in [-0.15, -0.1) is 0 Å². The van der Waals surface area contributed by atoms with Gasteiger partial charge in [0, 0.05) is 18.0 Å². The van der Waals surface area contributed by atoms with Crippen LogP contribution in [0.1, 0.15) is 56.6 Å². The Bertz CT molecular complexity index is 644. The number of amides is 1. The van der Waals surface area contributed by atoms with Gasteiger partial charge in [-0.05, 0) is 68.2 Å². The molecule has 1 saturated carbocycles. The Morgan fingerprint density at radius 2 is 2.17 bits per heavy atom. The molecule has 0 aromatic heterocycles. The minimum absolute atomic E-state index is 0.135. The fourth-order valence-electron chi connectivity index (χ4n) is 5.67. The molecule has 1 aromatic rings. The molecule has 2 bridgehead atoms. The Hall–Kier alpha value is -1.71. The standard InChI is InChI=1S/C20H27NO3/c1-2-24-19(23)21-11-5-10-20-9-4-3-6-16(20)18(21)12-14-7-8-15(22)13-17(14)20/h7-8,13,16,18,22H,2-6,9-12H2,1H3. The number of carbonyl (C=O) groups excluding carboxylic acids is 1. The first kappa shape index (κ1) is 15.8. The first-order chi connectivity index (χ1) is 11.7. The van der Waals surface area contributed by atoms with Crippen molar-refractivity contribution in [2.75, 3.05) is 13.2 Å². The number of carbonyl (C=O) groups is 1. The summed E-state index contributed by atoms with van der Waals surface area (Å²) < 4.78 is 5.36. The molecule has 24 heavy (non-hydrogen) atoms. The maximum atomic E-state index is 12.6. The summed E-state index contributed by atoms with van der Waals surface area (Å²) in [5, 5.41) is 10.1. The second-order valence-corrected chi connectivity index (χ2v) is 7.62. The largest absolute Gasteiger partial charge is 0.508 e. The molecular weight excluding hydrogens is 302 g/mol. The lowest BCUT2D eigenvalue weighted by atomic mass is 9.54. The Kier molecular flexibility index (Phi) is 3.93. The highest BCUT2D eigenvalue weighted by molar-refractivity contribution is 5.68. The van der Waals surface area contributed by atoms with Crippen molar-refractivity contribution in [2.24, 2.45) is 5.92 Å². The smallest absolute Gasteiger partial charge is 0.410 e. The van der Waals surface area contributed by atoms with Gasteiger partial charge in [-0.1, -0.05) is 18.9 Å². The van der Waals surface area contributed by atoms with Gasteiger partial charge in [0.05, 0.1) is 6.61 Å². The number of nitrogens with zero attached hydrogens (tertiary/aromatic N) is 1. The van der Waals surface area contributed by atoms with Crippen LogP contribution in [0.2, 0.25) is 0 Å². The van der Waals surface area contributed by atoms with Crippen LogP contribution < -0.4 is 0 Å². The number of ether oxygens (including phenoxy) is 1. The van der Waals surface area contributed by atoms with Crippen molar-refractivity contribution < 1.29 is 14.6 Å². The number of benzene rings is 1. The van der Waals surface area contributed by atoms with E-state index in [4.69, 9.17) is 4.74 Å². The van der Waals surface area contributed by atoms with Gasteiger partial charge in [0.15, 0.2) is 0 Å². The molecule has 4 nitrogen and oxygen atoms in total. The Morgan fingerprint density at radius 3 is 3.00 bits per heavy atom. The minimum atomic E-state index is -0.147. The molecule has 3 aliphatic rings. The van der Waals surface area contributed by atoms with Gasteiger partial charge in [0.2, 0.25) is 0 Å². The van der Waals surface area contributed by atoms with E-state index in [0.717, 1.165) is 25.8 Å². The van der Waals surface area contributed by atoms with Crippen molar-refractivity contribution in [2.45, 2.75) is 63.3 Å². The molecule has 4 heteroatoms. The average molecular weight is 329 g/mol. The number of fused-ring (bicyclic) bond motifs is 1. The predicted molar refractivity (Wildman–Crippen MR) is 92.2 cm³/mol. The Morgan fingerprint density at radius 1 is 1.33 bits per heavy atom. The summed E-state index contributed by atoms with van der Waals surface area (Å²) in [6.07, 6.45) is 7.72. The molecule has 0 spiro atoms. The van der Waals surface area contributed by atoms with Gasteiger partial charge in [0.1, 0.15) is 5.75 Å². The highest BCUT2D eigenvalue weighted by Gasteiger charge is 2.53. The molecule has 4 rings (SSSR count). The normalized spacial score (nSPS) is 31.6. The predicted octanol–water partition coefficient (Wildman–Crippen LogP) is 4.00. The number of rotatable bonds is 1. The van der Waals surface area contributed by atoms with Gasteiger partial charge in [0.25, 0.3) is 0 Å². The molecule has 130 valence electrons. The van der Waals surface area contributed by atoms with E-state index in [1.165, 1.54) is 36.8 Å². The highest BCUT2D eigenvalue weighted by atomic mass is 16.6. The maximum absolute atomic E-state index is 12.6. The second-order valence-electron chi connectivity index (χ2n) is 7.62. The van der Waals surface area contributed by atoms with E-state index in [1.54, 1.807) is 6.07 Å². The lowest BCUT2D eigenvalue weighted by molar-refractivity contribution is 0.0494. The number of phenolic OH excluding ortho intramolecular Hbond substituents is 1. The van der Waals surface area contributed by atoms with Crippen LogP contribution in [-0.4, -0.2) is 35.3 Å². The highest BCUT2D eigenvalue weighted by Crippen LogP contribution is 2.55. The molecule has 1 heterocycles. The molecule has 3 unspecified atom stereocenters. The lowest BCUT2D eigenvalue weighted by Gasteiger charge is -2.52. The molecule has 1 N–H and O–H groups in total. The van der Waals surface area contributed by atoms with Crippen molar-refractivity contribution >= 4 is 6.09 Å². The van der Waals surface area contributed by atoms with E-state index < -0.39 is 0 Å². The van der Waals surface area contributed by atoms with E-state index in [0.29, 0.717) is 18.3 Å². The molecule has 2 fully saturated rings. The van der Waals surface area contributed by atoms with Gasteiger partial charge in [-0.3, -0.25) is 0 Å². The molecule has 0 radical (unpaired) electrons. The molecule has 3 atom stereocenters. The number of likely N-dealkylation sites (tertiary alicyclic amines) is 1. The summed E-state index contributed by atoms with van der Waals surface area (Å²) in [7, 11) is 0. The lowest BCUT2D eigenvalue weighted by Crippen LogP contribution is -2.54. The number of aromatic hydroxyl groups is 1. The third-order valence-corrected chi connectivity index (χ3v) is 6.55. The monoisotopic (exact) mass is 329 g/mol. The molecule has 1 aliphatic heterocycles. The van der Waals surface area contributed by atoms with E-state index >= 15 is 0 Å². The van der Waals surface area contributed by atoms with Crippen LogP contribution in [-0.2, 0) is 16.6 Å². The van der Waals surface area contributed by atoms with Crippen LogP contribution in [0.4, 0.5) is 4.79 Å². The summed E-state index contributed by atoms with van der Waals surface area (Å²) in [6.45, 7) is 3.10. The third kappa shape index (κ3) is 2.30. The van der Waals surface area contributed by atoms with E-state index in [1.807, 2.05) is 17.9 Å². The molecule has 1 aromatic carbocycles. The summed E-state index contributed by atoms with van der Waals surface area (Å²) in [4.78, 5) is 14.6. The number of phenols is 1. The summed E-state index contributed by atoms with van der Waals surface area (Å²) in [5.41, 5.74) is 2.80. The van der Waals surface area contributed by atoms with Crippen molar-refractivity contribution in [1.82, 2.24) is 4.90 Å². The summed E-state index contributed by atoms with van der Waals surface area (Å²) >= 11 is 0. The molecule has 1 amide bonds. The third-order valence-electron chi connectivity index (χ3n) is 6.55. The fourth-order valence-corrected chi connectivity index (χ4v) is 5.67. The van der Waals surface area contributed by atoms with Crippen LogP contribution in [0.25, 0.3) is 0 Å². The zero-order valence-corrected chi connectivity index (χ0v) is 14.5. The number of hydrogen-bond acceptors (Lipinski definition) is 3. The zero-order valence-electron chi connectivity index (χ0n) is 14.5. The Labute approximate surface area is 143 Å². The van der Waals surface area contributed by atoms with E-state index in [9.17, 15) is 9.90 Å². The first-order valence-corrected chi connectivity index (χ1v) is 9.41. The zero-order chi connectivity index (χ0) is 16.7. The van der Waals surface area contributed by atoms with Gasteiger partial charge in [-0.2, -0.15) is 0 Å². The van der Waals surface area contributed by atoms with Gasteiger partial charge >= 0.3 is 6.09 Å². The summed E-state index contributed by atoms with van der Waals surface area (Å²) in [5.74, 6) is 0.866. The fraction of sp³-hybridized carbons (Fsp3) is 0.650. The van der Waals surface area contributed by atoms with Crippen molar-refractivity contribution in [3.63, 3.8) is 0 Å². The summed E-state index contributed by atoms with van der Waals surface area (Å²) in [6, 6.07) is 6.10. The quantitative estimate of drug-likeness (QED) is 0.847. The van der Waals surface area contributed by atoms with Crippen LogP contribution in [0.3, 0.4) is 0 Å². The van der Waals surface area contributed by atoms with E-state index in [2.05, 4.69) is 6.07 Å². The first-order valence-electron chi connectivity index (χ1n) is 9.41. The van der Waals surface area contributed by atoms with Gasteiger partial charge < -0.3 is 14.7 Å². The number of hydrogen-bond donors (Lipinski definition) is 1. The van der Waals surface area contributed by atoms with Crippen LogP contribution in [0, 0.1) is 5.92 Å². The topological polar surface area (TPSA) is 49.8 Å². The second kappa shape index (κ2) is 5.98. The maximum Gasteiger partial charge on any atom is 0.410 e. The van der Waals surface area contributed by atoms with Crippen molar-refractivity contribution in [1.29, 1.82) is 0 Å². The average Bonchev–Trinajstić information content (AvgIpc) is 2.71. The van der Waals surface area contributed by atoms with Gasteiger partial charge in [-0.25, -0.2) is 4.79 Å². The Balaban J connectivity index is 1.81. The van der Waals surface area contributed by atoms with Crippen LogP contribution in [0.15, 0.2) is 18.2 Å². The molecule has 1 saturated heterocycles. The minimum Gasteiger partial charge on any atom is -0.508 e. The molecule has 2 aliphatic carbocycles. The van der Waals surface area contributed by atoms with Crippen LogP contribution in [0.5, 0.6) is 5.75 Å². The molecular formula is C20H27NO3. The van der Waals surface area contributed by atoms with Crippen LogP contribution >= 0.6 is 0 Å². The van der Waals surface area contributed by atoms with Crippen molar-refractivity contribution in [3.05, 3.63) is 29.3 Å². The van der Waals surface area contributed by atoms with E-state index in [-0.39, 0.29) is 17.6 Å². The van der Waals surface area contributed by atoms with Crippen molar-refractivity contribution in [3.8, 4) is 5.75 Å². The SMILES string of the molecule is CCOC(=O)N1CCCC23CCCCC2C1Cc1ccc(O)cc13.